The maximum Gasteiger partial charge on any atom is 0.0603 e. The quantitative estimate of drug-likeness (QED) is 0.761. The molecule has 4 heteroatoms. The van der Waals surface area contributed by atoms with Gasteiger partial charge < -0.3 is 5.32 Å². The summed E-state index contributed by atoms with van der Waals surface area (Å²) in [5, 5.41) is 5.21. The molecule has 0 heterocycles. The summed E-state index contributed by atoms with van der Waals surface area (Å²) in [7, 11) is 0. The Bertz CT molecular complexity index is 355. The van der Waals surface area contributed by atoms with E-state index in [1.54, 1.807) is 0 Å². The number of hydrogen-bond donors (Lipinski definition) is 1. The Labute approximate surface area is 118 Å². The van der Waals surface area contributed by atoms with E-state index in [9.17, 15) is 0 Å². The number of rotatable bonds is 6. The highest BCUT2D eigenvalue weighted by atomic mass is 35.5. The van der Waals surface area contributed by atoms with Gasteiger partial charge in [-0.05, 0) is 30.7 Å². The summed E-state index contributed by atoms with van der Waals surface area (Å²) in [4.78, 5) is 1.17. The van der Waals surface area contributed by atoms with Crippen molar-refractivity contribution in [2.45, 2.75) is 30.9 Å². The van der Waals surface area contributed by atoms with Gasteiger partial charge in [0, 0.05) is 16.7 Å². The highest BCUT2D eigenvalue weighted by molar-refractivity contribution is 8.00. The summed E-state index contributed by atoms with van der Waals surface area (Å²) in [6, 6.07) is 5.78. The molecule has 0 bridgehead atoms. The molecule has 1 nitrogen and oxygen atoms in total. The van der Waals surface area contributed by atoms with Crippen LogP contribution in [0.1, 0.15) is 20.8 Å². The Morgan fingerprint density at radius 2 is 1.82 bits per heavy atom. The molecule has 1 unspecified atom stereocenters. The van der Waals surface area contributed by atoms with E-state index in [-0.39, 0.29) is 0 Å². The summed E-state index contributed by atoms with van der Waals surface area (Å²) < 4.78 is 0. The van der Waals surface area contributed by atoms with E-state index in [0.717, 1.165) is 13.1 Å². The molecule has 0 saturated heterocycles. The van der Waals surface area contributed by atoms with E-state index in [0.29, 0.717) is 21.2 Å². The minimum atomic E-state index is 0.519. The van der Waals surface area contributed by atoms with Crippen LogP contribution in [0.25, 0.3) is 0 Å². The van der Waals surface area contributed by atoms with Gasteiger partial charge in [-0.2, -0.15) is 0 Å². The lowest BCUT2D eigenvalue weighted by Gasteiger charge is -2.14. The highest BCUT2D eigenvalue weighted by Gasteiger charge is 2.06. The van der Waals surface area contributed by atoms with Crippen LogP contribution in [0.3, 0.4) is 0 Å². The lowest BCUT2D eigenvalue weighted by Crippen LogP contribution is -2.26. The van der Waals surface area contributed by atoms with Gasteiger partial charge in [0.2, 0.25) is 0 Å². The lowest BCUT2D eigenvalue weighted by atomic mass is 10.2. The summed E-state index contributed by atoms with van der Waals surface area (Å²) in [5.41, 5.74) is 0. The molecule has 1 atom stereocenters. The van der Waals surface area contributed by atoms with Crippen LogP contribution in [-0.4, -0.2) is 18.3 Å². The molecule has 0 aliphatic carbocycles. The van der Waals surface area contributed by atoms with Crippen LogP contribution in [0, 0.1) is 5.92 Å². The number of halogens is 2. The molecule has 0 fully saturated rings. The van der Waals surface area contributed by atoms with Crippen molar-refractivity contribution in [3.8, 4) is 0 Å². The smallest absolute Gasteiger partial charge is 0.0603 e. The third-order valence-electron chi connectivity index (χ3n) is 2.21. The molecule has 1 aromatic rings. The third kappa shape index (κ3) is 6.01. The maximum atomic E-state index is 5.98. The second-order valence-electron chi connectivity index (χ2n) is 4.56. The Hall–Kier alpha value is 0.110. The molecule has 0 aliphatic rings. The van der Waals surface area contributed by atoms with Gasteiger partial charge in [-0.1, -0.05) is 44.0 Å². The molecular weight excluding hydrogens is 273 g/mol. The second-order valence-corrected chi connectivity index (χ2v) is 6.88. The molecule has 1 N–H and O–H groups in total. The van der Waals surface area contributed by atoms with Crippen LogP contribution in [0.5, 0.6) is 0 Å². The van der Waals surface area contributed by atoms with Crippen molar-refractivity contribution in [2.75, 3.05) is 13.1 Å². The molecule has 17 heavy (non-hydrogen) atoms. The van der Waals surface area contributed by atoms with Crippen LogP contribution in [0.15, 0.2) is 23.1 Å². The van der Waals surface area contributed by atoms with E-state index < -0.39 is 0 Å². The topological polar surface area (TPSA) is 12.0 Å². The van der Waals surface area contributed by atoms with Crippen LogP contribution in [0.2, 0.25) is 10.0 Å². The first-order valence-corrected chi connectivity index (χ1v) is 7.45. The normalized spacial score (nSPS) is 13.1. The molecule has 1 rings (SSSR count). The predicted octanol–water partition coefficient (Wildman–Crippen LogP) is 4.72. The maximum absolute atomic E-state index is 5.98. The molecule has 0 aromatic heterocycles. The minimum Gasteiger partial charge on any atom is -0.315 e. The largest absolute Gasteiger partial charge is 0.315 e. The van der Waals surface area contributed by atoms with Gasteiger partial charge in [0.1, 0.15) is 0 Å². The zero-order valence-corrected chi connectivity index (χ0v) is 12.8. The number of benzene rings is 1. The Balaban J connectivity index is 2.39. The van der Waals surface area contributed by atoms with Gasteiger partial charge in [0.25, 0.3) is 0 Å². The average Bonchev–Trinajstić information content (AvgIpc) is 2.23. The van der Waals surface area contributed by atoms with E-state index in [4.69, 9.17) is 23.2 Å². The molecule has 0 aliphatic heterocycles. The van der Waals surface area contributed by atoms with E-state index in [1.807, 2.05) is 30.0 Å². The number of nitrogens with one attached hydrogen (secondary N) is 1. The Morgan fingerprint density at radius 3 is 2.41 bits per heavy atom. The van der Waals surface area contributed by atoms with E-state index in [1.165, 1.54) is 4.90 Å². The van der Waals surface area contributed by atoms with Crippen LogP contribution in [0.4, 0.5) is 0 Å². The third-order valence-corrected chi connectivity index (χ3v) is 4.05. The van der Waals surface area contributed by atoms with Crippen LogP contribution >= 0.6 is 35.0 Å². The van der Waals surface area contributed by atoms with Crippen molar-refractivity contribution in [1.82, 2.24) is 5.32 Å². The standard InChI is InChI=1S/C13H19Cl2NS/c1-9(2)7-16-8-10(3)17-11-4-5-12(14)13(15)6-11/h4-6,9-10,16H,7-8H2,1-3H3. The lowest BCUT2D eigenvalue weighted by molar-refractivity contribution is 0.554. The van der Waals surface area contributed by atoms with Gasteiger partial charge in [0.15, 0.2) is 0 Å². The Kier molecular flexibility index (Phi) is 6.71. The van der Waals surface area contributed by atoms with Crippen molar-refractivity contribution in [2.24, 2.45) is 5.92 Å². The zero-order valence-electron chi connectivity index (χ0n) is 10.5. The van der Waals surface area contributed by atoms with Crippen molar-refractivity contribution in [1.29, 1.82) is 0 Å². The molecule has 0 saturated carbocycles. The molecular formula is C13H19Cl2NS. The van der Waals surface area contributed by atoms with Crippen molar-refractivity contribution < 1.29 is 0 Å². The second kappa shape index (κ2) is 7.52. The summed E-state index contributed by atoms with van der Waals surface area (Å²) in [6.45, 7) is 8.70. The Morgan fingerprint density at radius 1 is 1.12 bits per heavy atom. The monoisotopic (exact) mass is 291 g/mol. The van der Waals surface area contributed by atoms with Crippen molar-refractivity contribution in [3.05, 3.63) is 28.2 Å². The first kappa shape index (κ1) is 15.2. The van der Waals surface area contributed by atoms with E-state index in [2.05, 4.69) is 26.1 Å². The summed E-state index contributed by atoms with van der Waals surface area (Å²) in [5.74, 6) is 0.692. The zero-order chi connectivity index (χ0) is 12.8. The average molecular weight is 292 g/mol. The minimum absolute atomic E-state index is 0.519. The molecule has 0 amide bonds. The van der Waals surface area contributed by atoms with Crippen LogP contribution < -0.4 is 5.32 Å². The SMILES string of the molecule is CC(C)CNCC(C)Sc1ccc(Cl)c(Cl)c1. The summed E-state index contributed by atoms with van der Waals surface area (Å²) >= 11 is 13.7. The van der Waals surface area contributed by atoms with Crippen molar-refractivity contribution >= 4 is 35.0 Å². The summed E-state index contributed by atoms with van der Waals surface area (Å²) in [6.07, 6.45) is 0. The van der Waals surface area contributed by atoms with Gasteiger partial charge >= 0.3 is 0 Å². The molecule has 0 radical (unpaired) electrons. The molecule has 1 aromatic carbocycles. The fourth-order valence-corrected chi connectivity index (χ4v) is 2.76. The molecule has 0 spiro atoms. The van der Waals surface area contributed by atoms with E-state index >= 15 is 0 Å². The fraction of sp³-hybridized carbons (Fsp3) is 0.538. The predicted molar refractivity (Wildman–Crippen MR) is 79.5 cm³/mol. The number of thioether (sulfide) groups is 1. The van der Waals surface area contributed by atoms with Crippen LogP contribution in [-0.2, 0) is 0 Å². The first-order valence-electron chi connectivity index (χ1n) is 5.81. The van der Waals surface area contributed by atoms with Gasteiger partial charge in [0.05, 0.1) is 10.0 Å². The van der Waals surface area contributed by atoms with Gasteiger partial charge in [-0.25, -0.2) is 0 Å². The van der Waals surface area contributed by atoms with Gasteiger partial charge in [-0.3, -0.25) is 0 Å². The van der Waals surface area contributed by atoms with Crippen molar-refractivity contribution in [3.63, 3.8) is 0 Å². The fourth-order valence-electron chi connectivity index (χ4n) is 1.40. The highest BCUT2D eigenvalue weighted by Crippen LogP contribution is 2.29. The molecule has 96 valence electrons. The first-order chi connectivity index (χ1) is 7.99. The van der Waals surface area contributed by atoms with Gasteiger partial charge in [-0.15, -0.1) is 11.8 Å². The number of hydrogen-bond acceptors (Lipinski definition) is 2.